The average molecular weight is 272 g/mol. The van der Waals surface area contributed by atoms with Gasteiger partial charge in [-0.2, -0.15) is 0 Å². The first-order chi connectivity index (χ1) is 8.56. The number of hydrogen-bond donors (Lipinski definition) is 2. The molecule has 0 aliphatic rings. The van der Waals surface area contributed by atoms with E-state index in [2.05, 4.69) is 10.6 Å². The summed E-state index contributed by atoms with van der Waals surface area (Å²) in [5, 5.41) is 5.24. The molecular formula is C12H17FN2O2S. The lowest BCUT2D eigenvalue weighted by Crippen LogP contribution is -2.38. The van der Waals surface area contributed by atoms with Gasteiger partial charge >= 0.3 is 6.03 Å². The maximum absolute atomic E-state index is 13.5. The Morgan fingerprint density at radius 1 is 1.56 bits per heavy atom. The van der Waals surface area contributed by atoms with E-state index in [9.17, 15) is 9.18 Å². The van der Waals surface area contributed by atoms with Gasteiger partial charge in [-0.3, -0.25) is 0 Å². The van der Waals surface area contributed by atoms with E-state index in [1.54, 1.807) is 25.5 Å². The summed E-state index contributed by atoms with van der Waals surface area (Å²) in [6, 6.07) is 4.11. The summed E-state index contributed by atoms with van der Waals surface area (Å²) >= 11 is 1.32. The predicted octanol–water partition coefficient (Wildman–Crippen LogP) is 2.70. The molecule has 0 bridgehead atoms. The first-order valence-electron chi connectivity index (χ1n) is 5.46. The zero-order valence-electron chi connectivity index (χ0n) is 10.6. The lowest BCUT2D eigenvalue weighted by molar-refractivity contribution is 0.173. The fraction of sp³-hybridized carbons (Fsp3) is 0.417. The largest absolute Gasteiger partial charge is 0.383 e. The van der Waals surface area contributed by atoms with E-state index in [4.69, 9.17) is 4.74 Å². The third-order valence-corrected chi connectivity index (χ3v) is 2.97. The second kappa shape index (κ2) is 7.23. The molecule has 1 aromatic rings. The van der Waals surface area contributed by atoms with Crippen LogP contribution in [0.2, 0.25) is 0 Å². The van der Waals surface area contributed by atoms with E-state index < -0.39 is 0 Å². The van der Waals surface area contributed by atoms with Crippen molar-refractivity contribution in [3.8, 4) is 0 Å². The number of carbonyl (C=O) groups is 1. The highest BCUT2D eigenvalue weighted by Gasteiger charge is 2.08. The van der Waals surface area contributed by atoms with Crippen molar-refractivity contribution in [2.75, 3.05) is 25.3 Å². The summed E-state index contributed by atoms with van der Waals surface area (Å²) in [7, 11) is 1.56. The SMILES string of the molecule is COC[C@@H](C)NC(=O)Nc1ccc(SC)c(F)c1. The van der Waals surface area contributed by atoms with Crippen molar-refractivity contribution < 1.29 is 13.9 Å². The van der Waals surface area contributed by atoms with Crippen molar-refractivity contribution in [2.24, 2.45) is 0 Å². The number of halogens is 1. The van der Waals surface area contributed by atoms with Crippen LogP contribution in [0.5, 0.6) is 0 Å². The fourth-order valence-electron chi connectivity index (χ4n) is 1.43. The Morgan fingerprint density at radius 3 is 2.83 bits per heavy atom. The lowest BCUT2D eigenvalue weighted by Gasteiger charge is -2.13. The average Bonchev–Trinajstić information content (AvgIpc) is 2.29. The molecule has 0 saturated heterocycles. The minimum absolute atomic E-state index is 0.106. The minimum Gasteiger partial charge on any atom is -0.383 e. The number of amides is 2. The van der Waals surface area contributed by atoms with Gasteiger partial charge in [0.15, 0.2) is 0 Å². The molecule has 6 heteroatoms. The number of hydrogen-bond acceptors (Lipinski definition) is 3. The van der Waals surface area contributed by atoms with Crippen molar-refractivity contribution in [1.82, 2.24) is 5.32 Å². The molecule has 2 N–H and O–H groups in total. The zero-order chi connectivity index (χ0) is 13.5. The molecule has 0 fully saturated rings. The number of carbonyl (C=O) groups excluding carboxylic acids is 1. The van der Waals surface area contributed by atoms with E-state index in [1.165, 1.54) is 17.8 Å². The van der Waals surface area contributed by atoms with Crippen molar-refractivity contribution in [2.45, 2.75) is 17.9 Å². The molecule has 0 aromatic heterocycles. The molecule has 0 radical (unpaired) electrons. The highest BCUT2D eigenvalue weighted by atomic mass is 32.2. The smallest absolute Gasteiger partial charge is 0.319 e. The summed E-state index contributed by atoms with van der Waals surface area (Å²) in [5.74, 6) is -0.342. The van der Waals surface area contributed by atoms with Crippen LogP contribution in [0.3, 0.4) is 0 Å². The highest BCUT2D eigenvalue weighted by molar-refractivity contribution is 7.98. The first-order valence-corrected chi connectivity index (χ1v) is 6.69. The highest BCUT2D eigenvalue weighted by Crippen LogP contribution is 2.22. The number of urea groups is 1. The molecule has 1 aromatic carbocycles. The summed E-state index contributed by atoms with van der Waals surface area (Å²) < 4.78 is 18.4. The Bertz CT molecular complexity index is 415. The van der Waals surface area contributed by atoms with Gasteiger partial charge in [-0.15, -0.1) is 11.8 Å². The zero-order valence-corrected chi connectivity index (χ0v) is 11.4. The Hall–Kier alpha value is -1.27. The van der Waals surface area contributed by atoms with E-state index in [0.717, 1.165) is 0 Å². The molecule has 0 spiro atoms. The fourth-order valence-corrected chi connectivity index (χ4v) is 1.88. The minimum atomic E-state index is -0.379. The van der Waals surface area contributed by atoms with Crippen LogP contribution in [0.4, 0.5) is 14.9 Å². The van der Waals surface area contributed by atoms with E-state index in [0.29, 0.717) is 17.2 Å². The van der Waals surface area contributed by atoms with Crippen molar-refractivity contribution >= 4 is 23.5 Å². The summed E-state index contributed by atoms with van der Waals surface area (Å²) in [6.45, 7) is 2.24. The van der Waals surface area contributed by atoms with Gasteiger partial charge in [0.05, 0.1) is 12.6 Å². The van der Waals surface area contributed by atoms with Crippen LogP contribution in [0.1, 0.15) is 6.92 Å². The first kappa shape index (κ1) is 14.8. The standard InChI is InChI=1S/C12H17FN2O2S/c1-8(7-17-2)14-12(16)15-9-4-5-11(18-3)10(13)6-9/h4-6,8H,7H2,1-3H3,(H2,14,15,16)/t8-/m1/s1. The predicted molar refractivity (Wildman–Crippen MR) is 71.7 cm³/mol. The Morgan fingerprint density at radius 2 is 2.28 bits per heavy atom. The molecule has 0 saturated carbocycles. The number of benzene rings is 1. The molecule has 0 heterocycles. The third-order valence-electron chi connectivity index (χ3n) is 2.20. The van der Waals surface area contributed by atoms with Crippen LogP contribution in [0.25, 0.3) is 0 Å². The molecule has 100 valence electrons. The van der Waals surface area contributed by atoms with E-state index in [1.807, 2.05) is 6.92 Å². The number of ether oxygens (including phenoxy) is 1. The Labute approximate surface area is 110 Å². The van der Waals surface area contributed by atoms with Gasteiger partial charge in [0.2, 0.25) is 0 Å². The number of rotatable bonds is 5. The van der Waals surface area contributed by atoms with E-state index >= 15 is 0 Å². The second-order valence-corrected chi connectivity index (χ2v) is 4.65. The molecule has 0 aliphatic carbocycles. The van der Waals surface area contributed by atoms with Gasteiger partial charge in [0, 0.05) is 17.7 Å². The monoisotopic (exact) mass is 272 g/mol. The van der Waals surface area contributed by atoms with Crippen LogP contribution >= 0.6 is 11.8 Å². The van der Waals surface area contributed by atoms with Gasteiger partial charge in [-0.05, 0) is 31.4 Å². The van der Waals surface area contributed by atoms with Gasteiger partial charge in [0.1, 0.15) is 5.82 Å². The van der Waals surface area contributed by atoms with Crippen LogP contribution in [0, 0.1) is 5.82 Å². The summed E-state index contributed by atoms with van der Waals surface area (Å²) in [6.07, 6.45) is 1.80. The lowest BCUT2D eigenvalue weighted by atomic mass is 10.3. The molecular weight excluding hydrogens is 255 g/mol. The van der Waals surface area contributed by atoms with Gasteiger partial charge in [-0.25, -0.2) is 9.18 Å². The topological polar surface area (TPSA) is 50.4 Å². The van der Waals surface area contributed by atoms with Gasteiger partial charge < -0.3 is 15.4 Å². The van der Waals surface area contributed by atoms with E-state index in [-0.39, 0.29) is 17.9 Å². The van der Waals surface area contributed by atoms with Crippen molar-refractivity contribution in [3.05, 3.63) is 24.0 Å². The molecule has 1 rings (SSSR count). The number of thioether (sulfide) groups is 1. The van der Waals surface area contributed by atoms with Gasteiger partial charge in [0.25, 0.3) is 0 Å². The normalized spacial score (nSPS) is 12.0. The molecule has 0 unspecified atom stereocenters. The van der Waals surface area contributed by atoms with Crippen LogP contribution < -0.4 is 10.6 Å². The van der Waals surface area contributed by atoms with Crippen LogP contribution in [-0.2, 0) is 4.74 Å². The summed E-state index contributed by atoms with van der Waals surface area (Å²) in [5.41, 5.74) is 0.424. The van der Waals surface area contributed by atoms with Crippen molar-refractivity contribution in [3.63, 3.8) is 0 Å². The maximum Gasteiger partial charge on any atom is 0.319 e. The van der Waals surface area contributed by atoms with Crippen LogP contribution in [-0.4, -0.2) is 32.0 Å². The van der Waals surface area contributed by atoms with Crippen molar-refractivity contribution in [1.29, 1.82) is 0 Å². The Kier molecular flexibility index (Phi) is 5.94. The third kappa shape index (κ3) is 4.54. The molecule has 2 amide bonds. The molecule has 18 heavy (non-hydrogen) atoms. The molecule has 1 atom stereocenters. The maximum atomic E-state index is 13.5. The quantitative estimate of drug-likeness (QED) is 0.810. The van der Waals surface area contributed by atoms with Gasteiger partial charge in [-0.1, -0.05) is 0 Å². The Balaban J connectivity index is 2.57. The number of methoxy groups -OCH3 is 1. The molecule has 4 nitrogen and oxygen atoms in total. The second-order valence-electron chi connectivity index (χ2n) is 3.80. The summed E-state index contributed by atoms with van der Waals surface area (Å²) in [4.78, 5) is 12.1. The molecule has 0 aliphatic heterocycles. The number of nitrogens with one attached hydrogen (secondary N) is 2. The number of anilines is 1. The van der Waals surface area contributed by atoms with Crippen LogP contribution in [0.15, 0.2) is 23.1 Å².